The van der Waals surface area contributed by atoms with Crippen LogP contribution in [0.25, 0.3) is 0 Å². The van der Waals surface area contributed by atoms with Crippen molar-refractivity contribution in [2.75, 3.05) is 26.4 Å². The van der Waals surface area contributed by atoms with Gasteiger partial charge in [-0.3, -0.25) is 4.79 Å². The topological polar surface area (TPSA) is 307 Å². The molecule has 0 radical (unpaired) electrons. The molecule has 0 aromatic carbocycles. The van der Waals surface area contributed by atoms with E-state index >= 15 is 0 Å². The number of carbonyl (C=O) groups is 1. The Morgan fingerprint density at radius 1 is 0.343 bits per heavy atom. The molecule has 19 nitrogen and oxygen atoms in total. The summed E-state index contributed by atoms with van der Waals surface area (Å²) in [6.07, 6.45) is 58.3. The Bertz CT molecular complexity index is 2080. The van der Waals surface area contributed by atoms with Gasteiger partial charge in [0.2, 0.25) is 5.91 Å². The van der Waals surface area contributed by atoms with Gasteiger partial charge < -0.3 is 89.9 Å². The third-order valence-electron chi connectivity index (χ3n) is 21.6. The van der Waals surface area contributed by atoms with Crippen LogP contribution in [-0.2, 0) is 33.2 Å². The van der Waals surface area contributed by atoms with Crippen molar-refractivity contribution >= 4 is 5.91 Å². The summed E-state index contributed by atoms with van der Waals surface area (Å²) in [5.74, 6) is -0.281. The Morgan fingerprint density at radius 3 is 1.01 bits per heavy atom. The van der Waals surface area contributed by atoms with Gasteiger partial charge in [-0.05, 0) is 64.2 Å². The number of amides is 1. The molecule has 17 unspecified atom stereocenters. The summed E-state index contributed by atoms with van der Waals surface area (Å²) in [6.45, 7) is 1.76. The maximum atomic E-state index is 13.5. The van der Waals surface area contributed by atoms with Crippen molar-refractivity contribution in [3.8, 4) is 0 Å². The summed E-state index contributed by atoms with van der Waals surface area (Å²) in [7, 11) is 0. The third kappa shape index (κ3) is 45.8. The van der Waals surface area contributed by atoms with Crippen molar-refractivity contribution in [2.24, 2.45) is 0 Å². The second-order valence-electron chi connectivity index (χ2n) is 31.0. The summed E-state index contributed by atoms with van der Waals surface area (Å²) in [5.41, 5.74) is 0. The van der Waals surface area contributed by atoms with Gasteiger partial charge in [0.1, 0.15) is 73.2 Å². The highest BCUT2D eigenvalue weighted by Gasteiger charge is 2.54. The molecular weight excluding hydrogens is 1330 g/mol. The lowest BCUT2D eigenvalue weighted by atomic mass is 9.96. The molecule has 616 valence electrons. The standard InChI is InChI=1S/C86H159NO18/c1-3-5-7-9-11-13-15-17-19-21-23-25-27-29-31-32-33-34-35-36-38-39-41-43-45-47-49-51-53-55-57-59-61-63-70(91)69(87-74(92)64-62-60-58-56-54-52-50-48-46-44-42-40-37-30-28-26-24-22-20-18-16-14-12-10-8-6-4-2)68-100-84-80(98)77(95)82(72(66-89)102-84)105-86-81(99)78(96)83(73(67-90)103-86)104-85-79(97)76(94)75(93)71(65-88)101-85/h16,18,22,24,53,55,61,63,69-73,75-86,88-91,93-99H,3-15,17,19-21,23,25-52,54,56-60,62,64-68H2,1-2H3,(H,87,92)/b18-16-,24-22-,55-53+,63-61+. The summed E-state index contributed by atoms with van der Waals surface area (Å²) < 4.78 is 34.5. The summed E-state index contributed by atoms with van der Waals surface area (Å²) in [5, 5.41) is 121. The maximum absolute atomic E-state index is 13.5. The predicted molar refractivity (Wildman–Crippen MR) is 420 cm³/mol. The summed E-state index contributed by atoms with van der Waals surface area (Å²) >= 11 is 0. The van der Waals surface area contributed by atoms with Crippen molar-refractivity contribution in [3.63, 3.8) is 0 Å². The lowest BCUT2D eigenvalue weighted by Gasteiger charge is -2.48. The smallest absolute Gasteiger partial charge is 0.220 e. The molecular formula is C86H159NO18. The maximum Gasteiger partial charge on any atom is 0.220 e. The van der Waals surface area contributed by atoms with Gasteiger partial charge in [-0.2, -0.15) is 0 Å². The number of unbranched alkanes of at least 4 members (excludes halogenated alkanes) is 48. The highest BCUT2D eigenvalue weighted by atomic mass is 16.8. The van der Waals surface area contributed by atoms with Gasteiger partial charge in [0.25, 0.3) is 0 Å². The van der Waals surface area contributed by atoms with Gasteiger partial charge >= 0.3 is 0 Å². The second kappa shape index (κ2) is 66.4. The fourth-order valence-electron chi connectivity index (χ4n) is 14.7. The van der Waals surface area contributed by atoms with Gasteiger partial charge in [0.05, 0.1) is 38.6 Å². The number of hydrogen-bond acceptors (Lipinski definition) is 18. The number of carbonyl (C=O) groups excluding carboxylic acids is 1. The minimum Gasteiger partial charge on any atom is -0.394 e. The first kappa shape index (κ1) is 96.9. The zero-order valence-corrected chi connectivity index (χ0v) is 66.2. The van der Waals surface area contributed by atoms with Crippen molar-refractivity contribution < 1.29 is 89.4 Å². The zero-order valence-electron chi connectivity index (χ0n) is 66.2. The molecule has 0 aromatic rings. The van der Waals surface area contributed by atoms with Crippen molar-refractivity contribution in [1.82, 2.24) is 5.32 Å². The molecule has 0 aliphatic carbocycles. The number of aliphatic hydroxyl groups excluding tert-OH is 11. The van der Waals surface area contributed by atoms with Crippen molar-refractivity contribution in [1.29, 1.82) is 0 Å². The minimum absolute atomic E-state index is 0.236. The lowest BCUT2D eigenvalue weighted by molar-refractivity contribution is -0.379. The first-order valence-corrected chi connectivity index (χ1v) is 43.4. The molecule has 17 atom stereocenters. The molecule has 0 saturated carbocycles. The molecule has 12 N–H and O–H groups in total. The van der Waals surface area contributed by atoms with Gasteiger partial charge in [0, 0.05) is 6.42 Å². The SMILES string of the molecule is CCCCCCC/C=C\C/C=C\CCCCCCCCCCCCCCCCCC(=O)NC(COC1OC(CO)C(OC2OC(CO)C(OC3OC(CO)C(O)C(O)C3O)C(O)C2O)C(O)C1O)C(O)/C=C/CC/C=C/CCCCCCCCCCCCCCCCCCCCCCCCCCCCC. The van der Waals surface area contributed by atoms with Crippen LogP contribution in [0.5, 0.6) is 0 Å². The van der Waals surface area contributed by atoms with E-state index in [1.807, 2.05) is 6.08 Å². The zero-order chi connectivity index (χ0) is 76.0. The Hall–Kier alpha value is -2.25. The second-order valence-corrected chi connectivity index (χ2v) is 31.0. The predicted octanol–water partition coefficient (Wildman–Crippen LogP) is 15.6. The van der Waals surface area contributed by atoms with E-state index in [0.29, 0.717) is 12.8 Å². The first-order valence-electron chi connectivity index (χ1n) is 43.4. The van der Waals surface area contributed by atoms with E-state index in [0.717, 1.165) is 44.9 Å². The lowest BCUT2D eigenvalue weighted by Crippen LogP contribution is -2.66. The Kier molecular flexibility index (Phi) is 61.3. The highest BCUT2D eigenvalue weighted by molar-refractivity contribution is 5.76. The number of hydrogen-bond donors (Lipinski definition) is 12. The first-order chi connectivity index (χ1) is 51.3. The quantitative estimate of drug-likeness (QED) is 0.0199. The molecule has 0 aromatic heterocycles. The van der Waals surface area contributed by atoms with Crippen LogP contribution in [-0.4, -0.2) is 193 Å². The van der Waals surface area contributed by atoms with Crippen LogP contribution in [0, 0.1) is 0 Å². The van der Waals surface area contributed by atoms with E-state index in [1.165, 1.54) is 283 Å². The minimum atomic E-state index is -1.98. The number of allylic oxidation sites excluding steroid dienone is 7. The van der Waals surface area contributed by atoms with Crippen LogP contribution < -0.4 is 5.32 Å². The van der Waals surface area contributed by atoms with E-state index in [1.54, 1.807) is 6.08 Å². The van der Waals surface area contributed by atoms with E-state index in [2.05, 4.69) is 55.6 Å². The van der Waals surface area contributed by atoms with Crippen LogP contribution >= 0.6 is 0 Å². The molecule has 3 rings (SSSR count). The van der Waals surface area contributed by atoms with Gasteiger partial charge in [-0.1, -0.05) is 339 Å². The number of ether oxygens (including phenoxy) is 6. The fraction of sp³-hybridized carbons (Fsp3) is 0.895. The molecule has 0 spiro atoms. The normalized spacial score (nSPS) is 26.0. The van der Waals surface area contributed by atoms with E-state index < -0.39 is 124 Å². The third-order valence-corrected chi connectivity index (χ3v) is 21.6. The summed E-state index contributed by atoms with van der Waals surface area (Å²) in [6, 6.07) is -0.993. The molecule has 3 aliphatic heterocycles. The monoisotopic (exact) mass is 1490 g/mol. The molecule has 3 aliphatic rings. The molecule has 1 amide bonds. The molecule has 0 bridgehead atoms. The summed E-state index contributed by atoms with van der Waals surface area (Å²) in [4.78, 5) is 13.5. The molecule has 3 heterocycles. The average molecular weight is 1500 g/mol. The van der Waals surface area contributed by atoms with E-state index in [-0.39, 0.29) is 18.9 Å². The molecule has 3 saturated heterocycles. The Balaban J connectivity index is 1.36. The fourth-order valence-corrected chi connectivity index (χ4v) is 14.7. The molecule has 105 heavy (non-hydrogen) atoms. The van der Waals surface area contributed by atoms with Gasteiger partial charge in [-0.15, -0.1) is 0 Å². The average Bonchev–Trinajstić information content (AvgIpc) is 0.781. The largest absolute Gasteiger partial charge is 0.394 e. The highest BCUT2D eigenvalue weighted by Crippen LogP contribution is 2.33. The Labute approximate surface area is 637 Å². The molecule has 19 heteroatoms. The van der Waals surface area contributed by atoms with Gasteiger partial charge in [-0.25, -0.2) is 0 Å². The van der Waals surface area contributed by atoms with Crippen molar-refractivity contribution in [2.45, 2.75) is 465 Å². The van der Waals surface area contributed by atoms with E-state index in [9.17, 15) is 61.0 Å². The van der Waals surface area contributed by atoms with E-state index in [4.69, 9.17) is 28.4 Å². The number of aliphatic hydroxyl groups is 11. The van der Waals surface area contributed by atoms with Gasteiger partial charge in [0.15, 0.2) is 18.9 Å². The number of rotatable bonds is 70. The van der Waals surface area contributed by atoms with Crippen LogP contribution in [0.3, 0.4) is 0 Å². The van der Waals surface area contributed by atoms with Crippen LogP contribution in [0.1, 0.15) is 361 Å². The van der Waals surface area contributed by atoms with Crippen LogP contribution in [0.15, 0.2) is 48.6 Å². The van der Waals surface area contributed by atoms with Crippen molar-refractivity contribution in [3.05, 3.63) is 48.6 Å². The Morgan fingerprint density at radius 2 is 0.638 bits per heavy atom. The number of nitrogens with one attached hydrogen (secondary N) is 1. The van der Waals surface area contributed by atoms with Crippen LogP contribution in [0.2, 0.25) is 0 Å². The van der Waals surface area contributed by atoms with Crippen LogP contribution in [0.4, 0.5) is 0 Å². The molecule has 3 fully saturated rings.